The second-order valence-electron chi connectivity index (χ2n) is 4.96. The highest BCUT2D eigenvalue weighted by molar-refractivity contribution is 7.18. The molecule has 2 rings (SSSR count). The first-order valence-electron chi connectivity index (χ1n) is 6.80. The third kappa shape index (κ3) is 3.80. The third-order valence-electron chi connectivity index (χ3n) is 3.11. The van der Waals surface area contributed by atoms with E-state index in [4.69, 9.17) is 11.6 Å². The van der Waals surface area contributed by atoms with Gasteiger partial charge in [0.1, 0.15) is 10.6 Å². The van der Waals surface area contributed by atoms with E-state index in [1.165, 1.54) is 24.1 Å². The molecular weight excluding hydrogens is 278 g/mol. The van der Waals surface area contributed by atoms with Crippen molar-refractivity contribution in [1.82, 2.24) is 9.97 Å². The molecule has 0 radical (unpaired) electrons. The zero-order chi connectivity index (χ0) is 13.8. The molecule has 1 atom stereocenters. The Morgan fingerprint density at radius 1 is 1.37 bits per heavy atom. The fourth-order valence-corrected chi connectivity index (χ4v) is 3.23. The van der Waals surface area contributed by atoms with Crippen LogP contribution in [0.2, 0.25) is 5.28 Å². The van der Waals surface area contributed by atoms with E-state index in [-0.39, 0.29) is 0 Å². The Hall–Kier alpha value is -0.870. The minimum absolute atomic E-state index is 0.317. The molecule has 0 aliphatic carbocycles. The monoisotopic (exact) mass is 297 g/mol. The first-order chi connectivity index (χ1) is 9.10. The van der Waals surface area contributed by atoms with Gasteiger partial charge in [-0.25, -0.2) is 9.97 Å². The highest BCUT2D eigenvalue weighted by Crippen LogP contribution is 2.30. The summed E-state index contributed by atoms with van der Waals surface area (Å²) in [6.45, 7) is 6.49. The van der Waals surface area contributed by atoms with Crippen LogP contribution >= 0.6 is 22.9 Å². The maximum Gasteiger partial charge on any atom is 0.225 e. The number of hydrogen-bond donors (Lipinski definition) is 1. The number of nitrogens with one attached hydrogen (secondary N) is 1. The Morgan fingerprint density at radius 2 is 2.16 bits per heavy atom. The van der Waals surface area contributed by atoms with Gasteiger partial charge in [0.25, 0.3) is 0 Å². The number of thiophene rings is 1. The fraction of sp³-hybridized carbons (Fsp3) is 0.571. The second-order valence-corrected chi connectivity index (χ2v) is 6.53. The zero-order valence-corrected chi connectivity index (χ0v) is 13.2. The SMILES string of the molecule is CCCCCC(C)Nc1nc(Cl)nc2sc(C)cc12. The van der Waals surface area contributed by atoms with Gasteiger partial charge < -0.3 is 5.32 Å². The Kier molecular flexibility index (Phi) is 4.99. The fourth-order valence-electron chi connectivity index (χ4n) is 2.13. The summed E-state index contributed by atoms with van der Waals surface area (Å²) in [5.41, 5.74) is 0. The van der Waals surface area contributed by atoms with Gasteiger partial charge in [0, 0.05) is 10.9 Å². The normalized spacial score (nSPS) is 12.8. The van der Waals surface area contributed by atoms with Crippen LogP contribution in [0.1, 0.15) is 44.4 Å². The molecule has 0 bridgehead atoms. The van der Waals surface area contributed by atoms with E-state index in [9.17, 15) is 0 Å². The molecule has 2 aromatic heterocycles. The van der Waals surface area contributed by atoms with Gasteiger partial charge in [0.2, 0.25) is 5.28 Å². The summed E-state index contributed by atoms with van der Waals surface area (Å²) in [5, 5.41) is 4.86. The molecule has 0 spiro atoms. The minimum Gasteiger partial charge on any atom is -0.367 e. The lowest BCUT2D eigenvalue weighted by molar-refractivity contribution is 0.614. The number of hydrogen-bond acceptors (Lipinski definition) is 4. The molecule has 0 aromatic carbocycles. The molecule has 19 heavy (non-hydrogen) atoms. The van der Waals surface area contributed by atoms with Crippen molar-refractivity contribution in [2.24, 2.45) is 0 Å². The van der Waals surface area contributed by atoms with E-state index >= 15 is 0 Å². The molecular formula is C14H20ClN3S. The first-order valence-corrected chi connectivity index (χ1v) is 7.99. The van der Waals surface area contributed by atoms with Crippen molar-refractivity contribution in [3.8, 4) is 0 Å². The number of unbranched alkanes of at least 4 members (excludes halogenated alkanes) is 2. The van der Waals surface area contributed by atoms with Crippen LogP contribution in [0.15, 0.2) is 6.07 Å². The van der Waals surface area contributed by atoms with Gasteiger partial charge in [-0.3, -0.25) is 0 Å². The Labute approximate surface area is 123 Å². The lowest BCUT2D eigenvalue weighted by Crippen LogP contribution is -2.16. The van der Waals surface area contributed by atoms with Crippen LogP contribution in [0.5, 0.6) is 0 Å². The zero-order valence-electron chi connectivity index (χ0n) is 11.7. The number of aromatic nitrogens is 2. The Balaban J connectivity index is 2.15. The van der Waals surface area contributed by atoms with Gasteiger partial charge in [-0.1, -0.05) is 26.2 Å². The minimum atomic E-state index is 0.317. The van der Waals surface area contributed by atoms with Gasteiger partial charge >= 0.3 is 0 Å². The number of fused-ring (bicyclic) bond motifs is 1. The molecule has 0 saturated carbocycles. The van der Waals surface area contributed by atoms with E-state index in [1.807, 2.05) is 0 Å². The molecule has 0 aliphatic rings. The average molecular weight is 298 g/mol. The molecule has 0 amide bonds. The summed E-state index contributed by atoms with van der Waals surface area (Å²) >= 11 is 7.64. The summed E-state index contributed by atoms with van der Waals surface area (Å²) in [5.74, 6) is 0.864. The van der Waals surface area contributed by atoms with Crippen molar-refractivity contribution < 1.29 is 0 Å². The predicted octanol–water partition coefficient (Wildman–Crippen LogP) is 5.03. The maximum atomic E-state index is 5.99. The molecule has 2 heterocycles. The second kappa shape index (κ2) is 6.53. The van der Waals surface area contributed by atoms with Gasteiger partial charge in [-0.2, -0.15) is 0 Å². The molecule has 0 aliphatic heterocycles. The number of halogens is 1. The van der Waals surface area contributed by atoms with Crippen LogP contribution in [0, 0.1) is 6.92 Å². The van der Waals surface area contributed by atoms with E-state index in [1.54, 1.807) is 11.3 Å². The lowest BCUT2D eigenvalue weighted by atomic mass is 10.1. The van der Waals surface area contributed by atoms with Crippen molar-refractivity contribution >= 4 is 39.0 Å². The topological polar surface area (TPSA) is 37.8 Å². The Bertz CT molecular complexity index is 553. The highest BCUT2D eigenvalue weighted by atomic mass is 35.5. The van der Waals surface area contributed by atoms with E-state index in [0.717, 1.165) is 22.5 Å². The molecule has 0 saturated heterocycles. The number of nitrogens with zero attached hydrogens (tertiary/aromatic N) is 2. The molecule has 1 N–H and O–H groups in total. The first kappa shape index (κ1) is 14.5. The van der Waals surface area contributed by atoms with Crippen LogP contribution < -0.4 is 5.32 Å². The van der Waals surface area contributed by atoms with Crippen LogP contribution in [0.25, 0.3) is 10.2 Å². The van der Waals surface area contributed by atoms with Crippen LogP contribution in [0.4, 0.5) is 5.82 Å². The van der Waals surface area contributed by atoms with Crippen LogP contribution in [-0.4, -0.2) is 16.0 Å². The highest BCUT2D eigenvalue weighted by Gasteiger charge is 2.11. The number of rotatable bonds is 6. The van der Waals surface area contributed by atoms with Gasteiger partial charge in [-0.05, 0) is 37.9 Å². The Morgan fingerprint density at radius 3 is 2.89 bits per heavy atom. The summed E-state index contributed by atoms with van der Waals surface area (Å²) < 4.78 is 0. The summed E-state index contributed by atoms with van der Waals surface area (Å²) in [7, 11) is 0. The largest absolute Gasteiger partial charge is 0.367 e. The number of aryl methyl sites for hydroxylation is 1. The van der Waals surface area contributed by atoms with Gasteiger partial charge in [-0.15, -0.1) is 11.3 Å². The van der Waals surface area contributed by atoms with Crippen LogP contribution in [-0.2, 0) is 0 Å². The van der Waals surface area contributed by atoms with E-state index < -0.39 is 0 Å². The van der Waals surface area contributed by atoms with Crippen molar-refractivity contribution in [3.05, 3.63) is 16.2 Å². The maximum absolute atomic E-state index is 5.99. The predicted molar refractivity (Wildman–Crippen MR) is 84.4 cm³/mol. The van der Waals surface area contributed by atoms with E-state index in [0.29, 0.717) is 11.3 Å². The molecule has 3 nitrogen and oxygen atoms in total. The van der Waals surface area contributed by atoms with Crippen molar-refractivity contribution in [2.75, 3.05) is 5.32 Å². The summed E-state index contributed by atoms with van der Waals surface area (Å²) in [6.07, 6.45) is 4.93. The van der Waals surface area contributed by atoms with Gasteiger partial charge in [0.05, 0.1) is 5.39 Å². The quantitative estimate of drug-likeness (QED) is 0.600. The van der Waals surface area contributed by atoms with Gasteiger partial charge in [0.15, 0.2) is 0 Å². The van der Waals surface area contributed by atoms with Crippen molar-refractivity contribution in [3.63, 3.8) is 0 Å². The molecule has 1 unspecified atom stereocenters. The molecule has 2 aromatic rings. The lowest BCUT2D eigenvalue weighted by Gasteiger charge is -2.14. The number of anilines is 1. The summed E-state index contributed by atoms with van der Waals surface area (Å²) in [6, 6.07) is 2.53. The molecule has 5 heteroatoms. The average Bonchev–Trinajstić information content (AvgIpc) is 2.70. The van der Waals surface area contributed by atoms with Crippen molar-refractivity contribution in [1.29, 1.82) is 0 Å². The van der Waals surface area contributed by atoms with Crippen LogP contribution in [0.3, 0.4) is 0 Å². The third-order valence-corrected chi connectivity index (χ3v) is 4.23. The molecule has 0 fully saturated rings. The van der Waals surface area contributed by atoms with E-state index in [2.05, 4.69) is 42.1 Å². The smallest absolute Gasteiger partial charge is 0.225 e. The van der Waals surface area contributed by atoms with Crippen molar-refractivity contribution in [2.45, 2.75) is 52.5 Å². The molecule has 104 valence electrons. The standard InChI is InChI=1S/C14H20ClN3S/c1-4-5-6-7-9(2)16-12-11-8-10(3)19-13(11)18-14(15)17-12/h8-9H,4-7H2,1-3H3,(H,16,17,18). The summed E-state index contributed by atoms with van der Waals surface area (Å²) in [4.78, 5) is 10.8.